The summed E-state index contributed by atoms with van der Waals surface area (Å²) in [6.07, 6.45) is 8.58. The highest BCUT2D eigenvalue weighted by molar-refractivity contribution is 5.91. The molecule has 0 aliphatic heterocycles. The van der Waals surface area contributed by atoms with Gasteiger partial charge in [0.05, 0.1) is 17.5 Å². The van der Waals surface area contributed by atoms with Crippen LogP contribution in [-0.2, 0) is 17.8 Å². The van der Waals surface area contributed by atoms with Gasteiger partial charge < -0.3 is 14.8 Å². The standard InChI is InChI=1S/C22H28N2O4/c1-3-5-7-18(22(27)28)13-19-14-23-20(8-6-4-2)24(19)15-16-9-11-17(12-10-16)21(25)26/h9-14H,3-8,15H2,1-2H3,(H,25,26)(H,27,28). The van der Waals surface area contributed by atoms with E-state index in [1.807, 2.05) is 11.5 Å². The Bertz CT molecular complexity index is 835. The van der Waals surface area contributed by atoms with Crippen LogP contribution in [0.5, 0.6) is 0 Å². The zero-order valence-electron chi connectivity index (χ0n) is 16.5. The van der Waals surface area contributed by atoms with E-state index in [0.29, 0.717) is 18.5 Å². The summed E-state index contributed by atoms with van der Waals surface area (Å²) in [4.78, 5) is 27.2. The molecule has 0 unspecified atom stereocenters. The maximum Gasteiger partial charge on any atom is 0.335 e. The SMILES string of the molecule is CCCCC(=Cc1cnc(CCCC)n1Cc1ccc(C(=O)O)cc1)C(=O)O. The molecule has 0 spiro atoms. The largest absolute Gasteiger partial charge is 0.478 e. The summed E-state index contributed by atoms with van der Waals surface area (Å²) >= 11 is 0. The average molecular weight is 384 g/mol. The molecule has 0 aliphatic rings. The Balaban J connectivity index is 2.37. The summed E-state index contributed by atoms with van der Waals surface area (Å²) in [5.74, 6) is -0.943. The molecule has 6 heteroatoms. The summed E-state index contributed by atoms with van der Waals surface area (Å²) in [7, 11) is 0. The van der Waals surface area contributed by atoms with E-state index in [2.05, 4.69) is 11.9 Å². The quantitative estimate of drug-likeness (QED) is 0.551. The molecule has 2 aromatic rings. The molecule has 0 bridgehead atoms. The van der Waals surface area contributed by atoms with Crippen LogP contribution >= 0.6 is 0 Å². The van der Waals surface area contributed by atoms with Crippen molar-refractivity contribution in [2.75, 3.05) is 0 Å². The van der Waals surface area contributed by atoms with E-state index in [0.717, 1.165) is 49.2 Å². The van der Waals surface area contributed by atoms with Gasteiger partial charge in [-0.3, -0.25) is 0 Å². The number of hydrogen-bond acceptors (Lipinski definition) is 3. The van der Waals surface area contributed by atoms with Crippen LogP contribution in [0.3, 0.4) is 0 Å². The number of aryl methyl sites for hydroxylation is 1. The van der Waals surface area contributed by atoms with Gasteiger partial charge in [0.1, 0.15) is 5.82 Å². The van der Waals surface area contributed by atoms with E-state index >= 15 is 0 Å². The molecule has 0 saturated carbocycles. The Morgan fingerprint density at radius 3 is 2.32 bits per heavy atom. The van der Waals surface area contributed by atoms with Crippen LogP contribution in [0.4, 0.5) is 0 Å². The molecule has 2 N–H and O–H groups in total. The lowest BCUT2D eigenvalue weighted by molar-refractivity contribution is -0.132. The highest BCUT2D eigenvalue weighted by atomic mass is 16.4. The Morgan fingerprint density at radius 2 is 1.75 bits per heavy atom. The van der Waals surface area contributed by atoms with Gasteiger partial charge in [0.2, 0.25) is 0 Å². The molecule has 0 fully saturated rings. The second-order valence-electron chi connectivity index (χ2n) is 6.87. The van der Waals surface area contributed by atoms with Crippen molar-refractivity contribution in [3.63, 3.8) is 0 Å². The van der Waals surface area contributed by atoms with Gasteiger partial charge in [-0.25, -0.2) is 14.6 Å². The zero-order valence-corrected chi connectivity index (χ0v) is 16.5. The van der Waals surface area contributed by atoms with Crippen molar-refractivity contribution in [2.24, 2.45) is 0 Å². The lowest BCUT2D eigenvalue weighted by atomic mass is 10.1. The van der Waals surface area contributed by atoms with Gasteiger partial charge >= 0.3 is 11.9 Å². The molecule has 0 atom stereocenters. The highest BCUT2D eigenvalue weighted by Crippen LogP contribution is 2.18. The Kier molecular flexibility index (Phi) is 7.99. The van der Waals surface area contributed by atoms with Crippen LogP contribution in [0, 0.1) is 0 Å². The number of carboxylic acid groups (broad SMARTS) is 2. The third kappa shape index (κ3) is 5.81. The van der Waals surface area contributed by atoms with Crippen molar-refractivity contribution in [1.82, 2.24) is 9.55 Å². The summed E-state index contributed by atoms with van der Waals surface area (Å²) in [5.41, 5.74) is 2.34. The fourth-order valence-corrected chi connectivity index (χ4v) is 2.98. The predicted molar refractivity (Wildman–Crippen MR) is 108 cm³/mol. The Labute approximate surface area is 165 Å². The first kappa shape index (κ1) is 21.4. The lowest BCUT2D eigenvalue weighted by Crippen LogP contribution is -2.09. The van der Waals surface area contributed by atoms with Crippen LogP contribution in [0.15, 0.2) is 36.0 Å². The van der Waals surface area contributed by atoms with Crippen molar-refractivity contribution in [1.29, 1.82) is 0 Å². The molecule has 0 saturated heterocycles. The maximum absolute atomic E-state index is 11.6. The predicted octanol–water partition coefficient (Wildman–Crippen LogP) is 4.63. The number of imidazole rings is 1. The van der Waals surface area contributed by atoms with Crippen molar-refractivity contribution < 1.29 is 19.8 Å². The monoisotopic (exact) mass is 384 g/mol. The molecular formula is C22H28N2O4. The number of nitrogens with zero attached hydrogens (tertiary/aromatic N) is 2. The number of carboxylic acids is 2. The normalized spacial score (nSPS) is 11.6. The summed E-state index contributed by atoms with van der Waals surface area (Å²) < 4.78 is 2.03. The van der Waals surface area contributed by atoms with Crippen molar-refractivity contribution in [3.8, 4) is 0 Å². The number of aliphatic carboxylic acids is 1. The minimum atomic E-state index is -0.955. The number of rotatable bonds is 11. The van der Waals surface area contributed by atoms with E-state index < -0.39 is 11.9 Å². The minimum Gasteiger partial charge on any atom is -0.478 e. The van der Waals surface area contributed by atoms with Gasteiger partial charge in [0.25, 0.3) is 0 Å². The second kappa shape index (κ2) is 10.4. The lowest BCUT2D eigenvalue weighted by Gasteiger charge is -2.12. The number of unbranched alkanes of at least 4 members (excludes halogenated alkanes) is 2. The van der Waals surface area contributed by atoms with Gasteiger partial charge in [-0.15, -0.1) is 0 Å². The summed E-state index contributed by atoms with van der Waals surface area (Å²) in [6, 6.07) is 6.74. The smallest absolute Gasteiger partial charge is 0.335 e. The van der Waals surface area contributed by atoms with Gasteiger partial charge in [0, 0.05) is 18.5 Å². The number of aromatic nitrogens is 2. The van der Waals surface area contributed by atoms with E-state index in [4.69, 9.17) is 5.11 Å². The van der Waals surface area contributed by atoms with Crippen molar-refractivity contribution >= 4 is 18.0 Å². The van der Waals surface area contributed by atoms with Crippen LogP contribution in [0.2, 0.25) is 0 Å². The molecule has 1 heterocycles. The number of carbonyl (C=O) groups is 2. The first-order chi connectivity index (χ1) is 13.5. The first-order valence-electron chi connectivity index (χ1n) is 9.76. The minimum absolute atomic E-state index is 0.244. The molecule has 28 heavy (non-hydrogen) atoms. The topological polar surface area (TPSA) is 92.4 Å². The fourth-order valence-electron chi connectivity index (χ4n) is 2.98. The highest BCUT2D eigenvalue weighted by Gasteiger charge is 2.13. The fraction of sp³-hybridized carbons (Fsp3) is 0.409. The first-order valence-corrected chi connectivity index (χ1v) is 9.76. The van der Waals surface area contributed by atoms with Crippen LogP contribution < -0.4 is 0 Å². The zero-order chi connectivity index (χ0) is 20.5. The van der Waals surface area contributed by atoms with Gasteiger partial charge in [-0.05, 0) is 43.0 Å². The number of aromatic carboxylic acids is 1. The van der Waals surface area contributed by atoms with Crippen LogP contribution in [-0.4, -0.2) is 31.7 Å². The summed E-state index contributed by atoms with van der Waals surface area (Å²) in [6.45, 7) is 4.67. The number of hydrogen-bond donors (Lipinski definition) is 2. The molecule has 1 aromatic carbocycles. The molecule has 0 radical (unpaired) electrons. The Morgan fingerprint density at radius 1 is 1.07 bits per heavy atom. The third-order valence-corrected chi connectivity index (χ3v) is 4.66. The van der Waals surface area contributed by atoms with Crippen molar-refractivity contribution in [3.05, 3.63) is 58.7 Å². The molecule has 2 rings (SSSR count). The molecule has 0 aliphatic carbocycles. The second-order valence-corrected chi connectivity index (χ2v) is 6.87. The maximum atomic E-state index is 11.6. The van der Waals surface area contributed by atoms with E-state index in [-0.39, 0.29) is 5.56 Å². The third-order valence-electron chi connectivity index (χ3n) is 4.66. The van der Waals surface area contributed by atoms with Gasteiger partial charge in [-0.1, -0.05) is 38.8 Å². The van der Waals surface area contributed by atoms with Crippen LogP contribution in [0.1, 0.15) is 73.4 Å². The molecular weight excluding hydrogens is 356 g/mol. The molecule has 0 amide bonds. The van der Waals surface area contributed by atoms with E-state index in [9.17, 15) is 14.7 Å². The summed E-state index contributed by atoms with van der Waals surface area (Å²) in [5, 5.41) is 18.6. The van der Waals surface area contributed by atoms with Gasteiger partial charge in [-0.2, -0.15) is 0 Å². The molecule has 150 valence electrons. The number of benzene rings is 1. The van der Waals surface area contributed by atoms with E-state index in [1.165, 1.54) is 0 Å². The molecule has 1 aromatic heterocycles. The van der Waals surface area contributed by atoms with Crippen molar-refractivity contribution in [2.45, 2.75) is 58.9 Å². The molecule has 6 nitrogen and oxygen atoms in total. The van der Waals surface area contributed by atoms with E-state index in [1.54, 1.807) is 36.5 Å². The van der Waals surface area contributed by atoms with Gasteiger partial charge in [0.15, 0.2) is 0 Å². The average Bonchev–Trinajstić information content (AvgIpc) is 3.04. The Hall–Kier alpha value is -2.89. The van der Waals surface area contributed by atoms with Crippen LogP contribution in [0.25, 0.3) is 6.08 Å².